The van der Waals surface area contributed by atoms with Gasteiger partial charge >= 0.3 is 0 Å². The third-order valence-electron chi connectivity index (χ3n) is 4.61. The fraction of sp³-hybridized carbons (Fsp3) is 0.278. The van der Waals surface area contributed by atoms with Crippen molar-refractivity contribution in [3.05, 3.63) is 56.1 Å². The zero-order chi connectivity index (χ0) is 20.6. The molecule has 146 valence electrons. The number of nitriles is 1. The van der Waals surface area contributed by atoms with E-state index in [1.54, 1.807) is 6.07 Å². The van der Waals surface area contributed by atoms with Gasteiger partial charge in [-0.25, -0.2) is 12.8 Å². The van der Waals surface area contributed by atoms with E-state index in [1.807, 2.05) is 0 Å². The summed E-state index contributed by atoms with van der Waals surface area (Å²) in [6, 6.07) is 4.82. The van der Waals surface area contributed by atoms with E-state index in [0.29, 0.717) is 5.69 Å². The van der Waals surface area contributed by atoms with Crippen molar-refractivity contribution in [2.24, 2.45) is 4.99 Å². The van der Waals surface area contributed by atoms with Gasteiger partial charge in [0.1, 0.15) is 17.4 Å². The predicted molar refractivity (Wildman–Crippen MR) is 103 cm³/mol. The smallest absolute Gasteiger partial charge is 0.271 e. The third-order valence-corrected chi connectivity index (χ3v) is 6.65. The van der Waals surface area contributed by atoms with Crippen LogP contribution in [-0.2, 0) is 9.84 Å². The second kappa shape index (κ2) is 7.37. The van der Waals surface area contributed by atoms with Crippen LogP contribution in [0.2, 0.25) is 5.02 Å². The first-order valence-corrected chi connectivity index (χ1v) is 10.4. The quantitative estimate of drug-likeness (QED) is 0.762. The molecule has 2 aromatic rings. The first-order chi connectivity index (χ1) is 13.1. The minimum absolute atomic E-state index is 0.0981. The lowest BCUT2D eigenvalue weighted by Crippen LogP contribution is -2.29. The van der Waals surface area contributed by atoms with Gasteiger partial charge in [0.15, 0.2) is 9.84 Å². The second-order valence-corrected chi connectivity index (χ2v) is 9.07. The number of halogens is 2. The summed E-state index contributed by atoms with van der Waals surface area (Å²) in [7, 11) is -3.32. The molecule has 1 fully saturated rings. The van der Waals surface area contributed by atoms with Crippen LogP contribution in [0.4, 0.5) is 10.1 Å². The largest absolute Gasteiger partial charge is 0.494 e. The summed E-state index contributed by atoms with van der Waals surface area (Å²) in [5, 5.41) is 19.9. The van der Waals surface area contributed by atoms with Gasteiger partial charge in [-0.3, -0.25) is 14.4 Å². The number of benzene rings is 1. The van der Waals surface area contributed by atoms with Crippen molar-refractivity contribution in [1.29, 1.82) is 5.26 Å². The van der Waals surface area contributed by atoms with Crippen molar-refractivity contribution >= 4 is 33.3 Å². The highest BCUT2D eigenvalue weighted by molar-refractivity contribution is 7.91. The van der Waals surface area contributed by atoms with Crippen LogP contribution in [0.1, 0.15) is 29.2 Å². The van der Waals surface area contributed by atoms with Crippen LogP contribution in [0, 0.1) is 24.1 Å². The number of pyridine rings is 1. The Morgan fingerprint density at radius 2 is 2.18 bits per heavy atom. The van der Waals surface area contributed by atoms with Crippen molar-refractivity contribution in [1.82, 2.24) is 4.57 Å². The van der Waals surface area contributed by atoms with Crippen LogP contribution in [0.5, 0.6) is 5.88 Å². The number of sulfone groups is 1. The first kappa shape index (κ1) is 20.0. The molecule has 3 rings (SSSR count). The third kappa shape index (κ3) is 3.66. The van der Waals surface area contributed by atoms with E-state index in [9.17, 15) is 28.0 Å². The Hall–Kier alpha value is -2.70. The van der Waals surface area contributed by atoms with E-state index in [4.69, 9.17) is 11.6 Å². The van der Waals surface area contributed by atoms with Crippen molar-refractivity contribution in [2.45, 2.75) is 19.4 Å². The highest BCUT2D eigenvalue weighted by Crippen LogP contribution is 2.30. The molecule has 0 saturated carbocycles. The summed E-state index contributed by atoms with van der Waals surface area (Å²) >= 11 is 5.72. The van der Waals surface area contributed by atoms with Gasteiger partial charge in [0.2, 0.25) is 5.88 Å². The van der Waals surface area contributed by atoms with Gasteiger partial charge < -0.3 is 5.11 Å². The molecule has 1 atom stereocenters. The Labute approximate surface area is 165 Å². The molecule has 7 nitrogen and oxygen atoms in total. The Balaban J connectivity index is 2.14. The van der Waals surface area contributed by atoms with E-state index in [2.05, 4.69) is 4.99 Å². The van der Waals surface area contributed by atoms with Crippen LogP contribution in [0.3, 0.4) is 0 Å². The minimum atomic E-state index is -3.32. The van der Waals surface area contributed by atoms with Crippen molar-refractivity contribution < 1.29 is 17.9 Å². The molecular formula is C18H15ClFN3O4S. The number of nitrogens with zero attached hydrogens (tertiary/aromatic N) is 3. The SMILES string of the molecule is Cc1c(C=Nc2ccc(F)c(Cl)c2)c(O)n(C2CCS(=O)(=O)C2)c(=O)c1C#N. The molecule has 0 spiro atoms. The second-order valence-electron chi connectivity index (χ2n) is 6.44. The van der Waals surface area contributed by atoms with E-state index < -0.39 is 33.1 Å². The summed E-state index contributed by atoms with van der Waals surface area (Å²) < 4.78 is 37.8. The van der Waals surface area contributed by atoms with Gasteiger partial charge in [-0.1, -0.05) is 11.6 Å². The summed E-state index contributed by atoms with van der Waals surface area (Å²) in [6.45, 7) is 1.48. The number of aliphatic imine (C=N–C) groups is 1. The zero-order valence-corrected chi connectivity index (χ0v) is 16.3. The van der Waals surface area contributed by atoms with E-state index in [1.165, 1.54) is 25.3 Å². The minimum Gasteiger partial charge on any atom is -0.494 e. The molecule has 0 radical (unpaired) electrons. The predicted octanol–water partition coefficient (Wildman–Crippen LogP) is 2.64. The molecule has 1 N–H and O–H groups in total. The van der Waals surface area contributed by atoms with Crippen molar-refractivity contribution in [2.75, 3.05) is 11.5 Å². The molecule has 1 aromatic heterocycles. The Bertz CT molecular complexity index is 1200. The summed E-state index contributed by atoms with van der Waals surface area (Å²) in [5.41, 5.74) is -0.355. The normalized spacial score (nSPS) is 18.4. The topological polar surface area (TPSA) is 113 Å². The molecule has 1 unspecified atom stereocenters. The maximum atomic E-state index is 13.3. The van der Waals surface area contributed by atoms with Crippen molar-refractivity contribution in [3.8, 4) is 11.9 Å². The number of aromatic hydroxyl groups is 1. The van der Waals surface area contributed by atoms with Gasteiger partial charge in [-0.15, -0.1) is 0 Å². The zero-order valence-electron chi connectivity index (χ0n) is 14.7. The highest BCUT2D eigenvalue weighted by Gasteiger charge is 2.33. The number of aromatic nitrogens is 1. The molecule has 1 aromatic carbocycles. The maximum absolute atomic E-state index is 13.3. The summed E-state index contributed by atoms with van der Waals surface area (Å²) in [4.78, 5) is 16.8. The van der Waals surface area contributed by atoms with Gasteiger partial charge in [0.05, 0.1) is 33.8 Å². The van der Waals surface area contributed by atoms with Gasteiger partial charge in [0, 0.05) is 6.21 Å². The van der Waals surface area contributed by atoms with Crippen LogP contribution < -0.4 is 5.56 Å². The molecular weight excluding hydrogens is 409 g/mol. The van der Waals surface area contributed by atoms with Crippen LogP contribution in [0.25, 0.3) is 0 Å². The number of rotatable bonds is 3. The first-order valence-electron chi connectivity index (χ1n) is 8.22. The van der Waals surface area contributed by atoms with Gasteiger partial charge in [-0.2, -0.15) is 5.26 Å². The van der Waals surface area contributed by atoms with Gasteiger partial charge in [0.25, 0.3) is 5.56 Å². The lowest BCUT2D eigenvalue weighted by Gasteiger charge is -2.18. The Morgan fingerprint density at radius 1 is 1.46 bits per heavy atom. The highest BCUT2D eigenvalue weighted by atomic mass is 35.5. The Kier molecular flexibility index (Phi) is 5.28. The molecule has 0 bridgehead atoms. The fourth-order valence-electron chi connectivity index (χ4n) is 3.12. The molecule has 0 aliphatic carbocycles. The fourth-order valence-corrected chi connectivity index (χ4v) is 4.99. The monoisotopic (exact) mass is 423 g/mol. The average molecular weight is 424 g/mol. The van der Waals surface area contributed by atoms with Crippen LogP contribution in [0.15, 0.2) is 28.0 Å². The lowest BCUT2D eigenvalue weighted by molar-refractivity contribution is 0.379. The Morgan fingerprint density at radius 3 is 2.75 bits per heavy atom. The molecule has 28 heavy (non-hydrogen) atoms. The molecule has 0 amide bonds. The number of hydrogen-bond donors (Lipinski definition) is 1. The summed E-state index contributed by atoms with van der Waals surface area (Å²) in [5.74, 6) is -1.47. The lowest BCUT2D eigenvalue weighted by atomic mass is 10.0. The van der Waals surface area contributed by atoms with Gasteiger partial charge in [-0.05, 0) is 37.1 Å². The van der Waals surface area contributed by atoms with Crippen LogP contribution >= 0.6 is 11.6 Å². The van der Waals surface area contributed by atoms with E-state index >= 15 is 0 Å². The molecule has 2 heterocycles. The average Bonchev–Trinajstić information content (AvgIpc) is 2.97. The molecule has 10 heteroatoms. The molecule has 1 saturated heterocycles. The van der Waals surface area contributed by atoms with Crippen LogP contribution in [-0.4, -0.2) is 35.8 Å². The number of hydrogen-bond acceptors (Lipinski definition) is 6. The standard InChI is InChI=1S/C18H15ClFN3O4S/c1-10-13(7-21)17(24)23(12-4-5-28(26,27)9-12)18(25)14(10)8-22-11-2-3-16(20)15(19)6-11/h2-3,6,8,12,25H,4-5,9H2,1H3. The van der Waals surface area contributed by atoms with E-state index in [0.717, 1.165) is 10.6 Å². The van der Waals surface area contributed by atoms with Crippen molar-refractivity contribution in [3.63, 3.8) is 0 Å². The molecule has 1 aliphatic rings. The van der Waals surface area contributed by atoms with E-state index in [-0.39, 0.29) is 39.6 Å². The maximum Gasteiger partial charge on any atom is 0.271 e. The molecule has 1 aliphatic heterocycles. The summed E-state index contributed by atoms with van der Waals surface area (Å²) in [6.07, 6.45) is 1.39.